The zero-order valence-electron chi connectivity index (χ0n) is 22.8. The van der Waals surface area contributed by atoms with Gasteiger partial charge in [-0.1, -0.05) is 24.3 Å². The highest BCUT2D eigenvalue weighted by Gasteiger charge is 2.34. The Morgan fingerprint density at radius 3 is 2.37 bits per heavy atom. The number of hydrogen-bond acceptors (Lipinski definition) is 5. The van der Waals surface area contributed by atoms with E-state index in [4.69, 9.17) is 4.52 Å². The van der Waals surface area contributed by atoms with Crippen molar-refractivity contribution in [3.63, 3.8) is 0 Å². The molecule has 41 heavy (non-hydrogen) atoms. The van der Waals surface area contributed by atoms with Gasteiger partial charge < -0.3 is 15.5 Å². The maximum absolute atomic E-state index is 13.6. The number of rotatable bonds is 7. The summed E-state index contributed by atoms with van der Waals surface area (Å²) in [5, 5.41) is 11.4. The third-order valence-corrected chi connectivity index (χ3v) is 7.83. The molecule has 3 amide bonds. The molecular weight excluding hydrogens is 537 g/mol. The third kappa shape index (κ3) is 7.43. The summed E-state index contributed by atoms with van der Waals surface area (Å²) in [7, 11) is 0. The Balaban J connectivity index is 1.20. The predicted octanol–water partition coefficient (Wildman–Crippen LogP) is 5.69. The summed E-state index contributed by atoms with van der Waals surface area (Å²) in [4.78, 5) is 27.8. The van der Waals surface area contributed by atoms with Crippen molar-refractivity contribution in [2.75, 3.05) is 29.0 Å². The van der Waals surface area contributed by atoms with Crippen molar-refractivity contribution in [3.8, 4) is 0 Å². The van der Waals surface area contributed by atoms with E-state index in [1.165, 1.54) is 32.0 Å². The fraction of sp³-hybridized carbons (Fsp3) is 0.448. The van der Waals surface area contributed by atoms with Gasteiger partial charge >= 0.3 is 18.1 Å². The number of anilines is 3. The molecule has 0 spiro atoms. The molecule has 1 aliphatic heterocycles. The smallest absolute Gasteiger partial charge is 0.326 e. The highest BCUT2D eigenvalue weighted by Crippen LogP contribution is 2.34. The number of nitrogens with zero attached hydrogens (tertiary/aromatic N) is 3. The van der Waals surface area contributed by atoms with E-state index in [-0.39, 0.29) is 29.7 Å². The van der Waals surface area contributed by atoms with Crippen molar-refractivity contribution in [1.29, 1.82) is 0 Å². The lowest BCUT2D eigenvalue weighted by atomic mass is 9.90. The molecule has 3 aromatic rings. The van der Waals surface area contributed by atoms with E-state index >= 15 is 0 Å². The second kappa shape index (κ2) is 12.3. The van der Waals surface area contributed by atoms with Gasteiger partial charge in [0.25, 0.3) is 6.20 Å². The number of carbonyl (C=O) groups is 2. The van der Waals surface area contributed by atoms with Crippen LogP contribution in [0.1, 0.15) is 61.3 Å². The molecule has 0 bridgehead atoms. The number of nitrogens with one attached hydrogen (secondary N) is 3. The van der Waals surface area contributed by atoms with Crippen LogP contribution in [0.3, 0.4) is 0 Å². The number of amides is 3. The molecule has 2 heterocycles. The third-order valence-electron chi connectivity index (χ3n) is 7.83. The number of hydrogen-bond donors (Lipinski definition) is 3. The summed E-state index contributed by atoms with van der Waals surface area (Å²) in [6, 6.07) is 10.1. The number of urea groups is 1. The summed E-state index contributed by atoms with van der Waals surface area (Å²) in [5.41, 5.74) is 0.420. The van der Waals surface area contributed by atoms with Crippen LogP contribution in [0.15, 0.2) is 53.2 Å². The monoisotopic (exact) mass is 571 g/mol. The normalized spacial score (nSPS) is 19.6. The minimum atomic E-state index is -4.69. The van der Waals surface area contributed by atoms with E-state index in [1.54, 1.807) is 23.0 Å². The molecule has 1 aliphatic carbocycles. The van der Waals surface area contributed by atoms with Gasteiger partial charge in [-0.25, -0.2) is 4.79 Å². The second-order valence-electron chi connectivity index (χ2n) is 10.8. The van der Waals surface area contributed by atoms with Gasteiger partial charge in [0, 0.05) is 30.3 Å². The Morgan fingerprint density at radius 2 is 1.68 bits per heavy atom. The van der Waals surface area contributed by atoms with Crippen molar-refractivity contribution < 1.29 is 32.0 Å². The molecule has 2 fully saturated rings. The maximum atomic E-state index is 13.6. The molecule has 218 valence electrons. The molecule has 5 rings (SSSR count). The molecule has 1 saturated heterocycles. The zero-order chi connectivity index (χ0) is 29.0. The molecular formula is C29H34F3N6O3+. The van der Waals surface area contributed by atoms with Gasteiger partial charge in [-0.3, -0.25) is 14.6 Å². The largest absolute Gasteiger partial charge is 0.416 e. The molecule has 2 aliphatic rings. The fourth-order valence-electron chi connectivity index (χ4n) is 5.68. The quantitative estimate of drug-likeness (QED) is 0.316. The number of carbonyl (C=O) groups excluding carboxylic acids is 2. The molecule has 9 nitrogen and oxygen atoms in total. The van der Waals surface area contributed by atoms with Gasteiger partial charge in [0.15, 0.2) is 6.04 Å². The van der Waals surface area contributed by atoms with Crippen LogP contribution < -0.4 is 20.6 Å². The van der Waals surface area contributed by atoms with Crippen LogP contribution >= 0.6 is 0 Å². The summed E-state index contributed by atoms with van der Waals surface area (Å²) in [6.07, 6.45) is 3.48. The zero-order valence-corrected chi connectivity index (χ0v) is 22.8. The van der Waals surface area contributed by atoms with Gasteiger partial charge in [-0.15, -0.1) is 0 Å². The number of alkyl halides is 3. The Kier molecular flexibility index (Phi) is 8.57. The Morgan fingerprint density at radius 1 is 1.00 bits per heavy atom. The molecule has 2 aromatic carbocycles. The highest BCUT2D eigenvalue weighted by molar-refractivity contribution is 6.00. The summed E-state index contributed by atoms with van der Waals surface area (Å²) >= 11 is 0. The first-order valence-corrected chi connectivity index (χ1v) is 13.9. The van der Waals surface area contributed by atoms with Crippen LogP contribution in [0.5, 0.6) is 0 Å². The average Bonchev–Trinajstić information content (AvgIpc) is 3.62. The topological polar surface area (TPSA) is 103 Å². The number of aryl methyl sites for hydroxylation is 1. The standard InChI is InChI=1S/C29H33F3N6O3/c1-19-6-2-3-7-20(19)14-26(39)33-22-15-21(29(30,31)32)16-23(17-22)34-28(40)35-27-18-38(36-41-27)25-10-8-24(9-11-25)37-12-4-5-13-37/h2-3,6-7,15-18,24-25H,4-5,8-14H2,1H3,(H2-,33,34,35,36,39,40)/p+1. The Labute approximate surface area is 236 Å². The summed E-state index contributed by atoms with van der Waals surface area (Å²) in [6.45, 7) is 4.19. The van der Waals surface area contributed by atoms with E-state index in [0.717, 1.165) is 48.9 Å². The highest BCUT2D eigenvalue weighted by atomic mass is 19.4. The molecule has 0 atom stereocenters. The van der Waals surface area contributed by atoms with E-state index in [0.29, 0.717) is 6.04 Å². The van der Waals surface area contributed by atoms with Crippen LogP contribution in [-0.2, 0) is 17.4 Å². The van der Waals surface area contributed by atoms with Gasteiger partial charge in [0.2, 0.25) is 11.2 Å². The molecule has 12 heteroatoms. The van der Waals surface area contributed by atoms with Gasteiger partial charge in [0.05, 0.1) is 12.0 Å². The molecule has 0 radical (unpaired) electrons. The lowest BCUT2D eigenvalue weighted by Crippen LogP contribution is -2.45. The minimum absolute atomic E-state index is 0.00241. The molecule has 1 aromatic heterocycles. The van der Waals surface area contributed by atoms with E-state index in [2.05, 4.69) is 26.1 Å². The fourth-order valence-corrected chi connectivity index (χ4v) is 5.68. The van der Waals surface area contributed by atoms with Gasteiger partial charge in [0.1, 0.15) is 0 Å². The SMILES string of the molecule is Cc1ccccc1CC(=O)Nc1cc(NC(=O)Nc2c[n+](C3CCC(N4CCCC4)CC3)no2)cc(C(F)(F)F)c1. The number of benzene rings is 2. The van der Waals surface area contributed by atoms with Crippen LogP contribution in [0, 0.1) is 6.92 Å². The Hall–Kier alpha value is -3.93. The minimum Gasteiger partial charge on any atom is -0.326 e. The first-order chi connectivity index (χ1) is 19.6. The molecule has 3 N–H and O–H groups in total. The second-order valence-corrected chi connectivity index (χ2v) is 10.8. The molecule has 1 saturated carbocycles. The van der Waals surface area contributed by atoms with Gasteiger partial charge in [-0.2, -0.15) is 13.2 Å². The predicted molar refractivity (Wildman–Crippen MR) is 146 cm³/mol. The summed E-state index contributed by atoms with van der Waals surface area (Å²) < 4.78 is 47.7. The molecule has 0 unspecified atom stereocenters. The maximum Gasteiger partial charge on any atom is 0.416 e. The first kappa shape index (κ1) is 28.6. The van der Waals surface area contributed by atoms with E-state index < -0.39 is 23.7 Å². The van der Waals surface area contributed by atoms with Crippen LogP contribution in [0.2, 0.25) is 0 Å². The number of halogens is 3. The van der Waals surface area contributed by atoms with Crippen LogP contribution in [0.25, 0.3) is 0 Å². The van der Waals surface area contributed by atoms with Crippen molar-refractivity contribution in [1.82, 2.24) is 10.2 Å². The van der Waals surface area contributed by atoms with Crippen LogP contribution in [-0.4, -0.2) is 41.2 Å². The van der Waals surface area contributed by atoms with Crippen molar-refractivity contribution in [2.45, 2.75) is 70.1 Å². The van der Waals surface area contributed by atoms with Gasteiger partial charge in [-0.05, 0) is 79.7 Å². The van der Waals surface area contributed by atoms with Crippen molar-refractivity contribution in [3.05, 3.63) is 65.4 Å². The Bertz CT molecular complexity index is 1380. The van der Waals surface area contributed by atoms with E-state index in [9.17, 15) is 22.8 Å². The van der Waals surface area contributed by atoms with Crippen LogP contribution in [0.4, 0.5) is 35.2 Å². The lowest BCUT2D eigenvalue weighted by Gasteiger charge is -2.31. The van der Waals surface area contributed by atoms with E-state index in [1.807, 2.05) is 19.1 Å². The number of aromatic nitrogens is 2. The van der Waals surface area contributed by atoms with Crippen molar-refractivity contribution >= 4 is 29.2 Å². The summed E-state index contributed by atoms with van der Waals surface area (Å²) in [5.74, 6) is -0.405. The average molecular weight is 572 g/mol. The number of likely N-dealkylation sites (tertiary alicyclic amines) is 1. The first-order valence-electron chi connectivity index (χ1n) is 13.9. The lowest BCUT2D eigenvalue weighted by molar-refractivity contribution is -0.787. The van der Waals surface area contributed by atoms with Crippen molar-refractivity contribution in [2.24, 2.45) is 0 Å².